The van der Waals surface area contributed by atoms with E-state index in [0.717, 1.165) is 17.1 Å². The van der Waals surface area contributed by atoms with Gasteiger partial charge in [-0.15, -0.1) is 0 Å². The molecule has 1 saturated heterocycles. The summed E-state index contributed by atoms with van der Waals surface area (Å²) in [5.74, 6) is -1.56. The summed E-state index contributed by atoms with van der Waals surface area (Å²) in [4.78, 5) is 24.5. The van der Waals surface area contributed by atoms with E-state index in [1.165, 1.54) is 18.2 Å². The van der Waals surface area contributed by atoms with Crippen molar-refractivity contribution in [3.8, 4) is 0 Å². The molecule has 1 amide bonds. The van der Waals surface area contributed by atoms with Crippen molar-refractivity contribution in [2.24, 2.45) is 16.7 Å². The van der Waals surface area contributed by atoms with Crippen LogP contribution in [0, 0.1) is 16.7 Å². The van der Waals surface area contributed by atoms with Gasteiger partial charge in [0.05, 0.1) is 22.9 Å². The Balaban J connectivity index is 1.82. The third kappa shape index (κ3) is 1.93. The topological polar surface area (TPSA) is 91.8 Å². The Kier molecular flexibility index (Phi) is 3.21. The summed E-state index contributed by atoms with van der Waals surface area (Å²) < 4.78 is 26.8. The van der Waals surface area contributed by atoms with Gasteiger partial charge in [-0.25, -0.2) is 17.5 Å². The van der Waals surface area contributed by atoms with Crippen molar-refractivity contribution < 1.29 is 23.1 Å². The number of carboxylic acids is 1. The highest BCUT2D eigenvalue weighted by atomic mass is 32.2. The lowest BCUT2D eigenvalue weighted by Crippen LogP contribution is -2.44. The number of benzene rings is 1. The number of fused-ring (bicyclic) bond motifs is 1. The smallest absolute Gasteiger partial charge is 0.336 e. The van der Waals surface area contributed by atoms with E-state index in [0.29, 0.717) is 12.3 Å². The summed E-state index contributed by atoms with van der Waals surface area (Å²) in [5.41, 5.74) is -0.765. The molecule has 0 radical (unpaired) electrons. The molecule has 1 aromatic carbocycles. The first-order valence-corrected chi connectivity index (χ1v) is 10.1. The lowest BCUT2D eigenvalue weighted by atomic mass is 9.69. The highest BCUT2D eigenvalue weighted by Gasteiger charge is 2.72. The first-order chi connectivity index (χ1) is 11.6. The molecule has 3 fully saturated rings. The highest BCUT2D eigenvalue weighted by Crippen LogP contribution is 2.70. The SMILES string of the molecule is CC1(C)[C@H]2CC[C@]13CS(=O)(=O)N(C(=O)c1ccccc1C(=O)O)[C@@H]3C2. The molecule has 134 valence electrons. The van der Waals surface area contributed by atoms with E-state index in [2.05, 4.69) is 13.8 Å². The van der Waals surface area contributed by atoms with Crippen LogP contribution in [-0.4, -0.2) is 41.5 Å². The normalized spacial score (nSPS) is 34.1. The summed E-state index contributed by atoms with van der Waals surface area (Å²) in [6, 6.07) is 5.45. The predicted octanol–water partition coefficient (Wildman–Crippen LogP) is 2.37. The molecule has 4 rings (SSSR count). The Morgan fingerprint density at radius 2 is 1.84 bits per heavy atom. The average Bonchev–Trinajstić information content (AvgIpc) is 3.01. The molecule has 2 aliphatic carbocycles. The zero-order chi connectivity index (χ0) is 18.2. The van der Waals surface area contributed by atoms with Gasteiger partial charge in [-0.3, -0.25) is 4.79 Å². The number of carbonyl (C=O) groups excluding carboxylic acids is 1. The zero-order valence-electron chi connectivity index (χ0n) is 14.2. The number of nitrogens with zero attached hydrogens (tertiary/aromatic N) is 1. The van der Waals surface area contributed by atoms with E-state index < -0.39 is 27.3 Å². The minimum Gasteiger partial charge on any atom is -0.478 e. The van der Waals surface area contributed by atoms with Crippen LogP contribution in [0.25, 0.3) is 0 Å². The van der Waals surface area contributed by atoms with Crippen molar-refractivity contribution >= 4 is 21.9 Å². The van der Waals surface area contributed by atoms with Gasteiger partial charge >= 0.3 is 5.97 Å². The first-order valence-electron chi connectivity index (χ1n) is 8.50. The van der Waals surface area contributed by atoms with E-state index in [1.54, 1.807) is 6.07 Å². The predicted molar refractivity (Wildman–Crippen MR) is 90.7 cm³/mol. The minimum absolute atomic E-state index is 0.0187. The monoisotopic (exact) mass is 363 g/mol. The quantitative estimate of drug-likeness (QED) is 0.871. The average molecular weight is 363 g/mol. The van der Waals surface area contributed by atoms with E-state index >= 15 is 0 Å². The Morgan fingerprint density at radius 3 is 2.44 bits per heavy atom. The fourth-order valence-electron chi connectivity index (χ4n) is 5.53. The van der Waals surface area contributed by atoms with Gasteiger partial charge < -0.3 is 5.11 Å². The Bertz CT molecular complexity index is 890. The summed E-state index contributed by atoms with van der Waals surface area (Å²) in [7, 11) is -3.76. The number of aromatic carboxylic acids is 1. The summed E-state index contributed by atoms with van der Waals surface area (Å²) in [6.07, 6.45) is 2.47. The molecule has 2 bridgehead atoms. The molecular weight excluding hydrogens is 342 g/mol. The third-order valence-corrected chi connectivity index (χ3v) is 8.90. The van der Waals surface area contributed by atoms with Crippen LogP contribution in [0.15, 0.2) is 24.3 Å². The number of carbonyl (C=O) groups is 2. The van der Waals surface area contributed by atoms with Crippen molar-refractivity contribution in [2.45, 2.75) is 39.2 Å². The number of amides is 1. The largest absolute Gasteiger partial charge is 0.478 e. The molecule has 1 N–H and O–H groups in total. The second-order valence-corrected chi connectivity index (χ2v) is 9.92. The van der Waals surface area contributed by atoms with Crippen molar-refractivity contribution in [1.82, 2.24) is 4.31 Å². The van der Waals surface area contributed by atoms with Gasteiger partial charge in [-0.1, -0.05) is 26.0 Å². The van der Waals surface area contributed by atoms with Gasteiger partial charge in [0, 0.05) is 5.41 Å². The van der Waals surface area contributed by atoms with E-state index in [1.807, 2.05) is 0 Å². The van der Waals surface area contributed by atoms with Crippen LogP contribution in [0.4, 0.5) is 0 Å². The number of sulfonamides is 1. The van der Waals surface area contributed by atoms with Crippen LogP contribution in [-0.2, 0) is 10.0 Å². The fourth-order valence-corrected chi connectivity index (χ4v) is 8.06. The molecule has 6 nitrogen and oxygen atoms in total. The van der Waals surface area contributed by atoms with Gasteiger partial charge in [0.2, 0.25) is 10.0 Å². The van der Waals surface area contributed by atoms with Gasteiger partial charge in [0.15, 0.2) is 0 Å². The number of carboxylic acid groups (broad SMARTS) is 1. The van der Waals surface area contributed by atoms with E-state index in [-0.39, 0.29) is 28.3 Å². The Hall–Kier alpha value is -1.89. The maximum Gasteiger partial charge on any atom is 0.336 e. The number of hydrogen-bond acceptors (Lipinski definition) is 4. The third-order valence-electron chi connectivity index (χ3n) is 7.00. The molecule has 1 spiro atoms. The molecule has 3 aliphatic rings. The molecule has 0 aromatic heterocycles. The maximum absolute atomic E-state index is 13.1. The van der Waals surface area contributed by atoms with Crippen molar-refractivity contribution in [1.29, 1.82) is 0 Å². The molecule has 2 saturated carbocycles. The van der Waals surface area contributed by atoms with Gasteiger partial charge in [0.25, 0.3) is 5.91 Å². The molecule has 1 aliphatic heterocycles. The first kappa shape index (κ1) is 16.6. The van der Waals surface area contributed by atoms with Crippen LogP contribution in [0.1, 0.15) is 53.8 Å². The van der Waals surface area contributed by atoms with Gasteiger partial charge in [-0.2, -0.15) is 0 Å². The molecule has 1 aromatic rings. The van der Waals surface area contributed by atoms with Crippen LogP contribution >= 0.6 is 0 Å². The molecular formula is C18H21NO5S. The van der Waals surface area contributed by atoms with Crippen molar-refractivity contribution in [2.75, 3.05) is 5.75 Å². The summed E-state index contributed by atoms with van der Waals surface area (Å²) in [5, 5.41) is 9.34. The number of hydrogen-bond donors (Lipinski definition) is 1. The van der Waals surface area contributed by atoms with Crippen LogP contribution in [0.5, 0.6) is 0 Å². The maximum atomic E-state index is 13.1. The lowest BCUT2D eigenvalue weighted by molar-refractivity contribution is 0.0658. The minimum atomic E-state index is -3.76. The van der Waals surface area contributed by atoms with Crippen LogP contribution in [0.2, 0.25) is 0 Å². The van der Waals surface area contributed by atoms with Crippen molar-refractivity contribution in [3.05, 3.63) is 35.4 Å². The second kappa shape index (κ2) is 4.84. The highest BCUT2D eigenvalue weighted by molar-refractivity contribution is 7.90. The molecule has 7 heteroatoms. The molecule has 25 heavy (non-hydrogen) atoms. The van der Waals surface area contributed by atoms with Crippen LogP contribution in [0.3, 0.4) is 0 Å². The van der Waals surface area contributed by atoms with Gasteiger partial charge in [0.1, 0.15) is 0 Å². The molecule has 0 unspecified atom stereocenters. The standard InChI is InChI=1S/C18H21NO5S/c1-17(2)11-7-8-18(17)10-25(23,24)19(14(18)9-11)15(20)12-5-3-4-6-13(12)16(21)22/h3-6,11,14H,7-10H2,1-2H3,(H,21,22)/t11-,14+,18+/m0/s1. The van der Waals surface area contributed by atoms with E-state index in [4.69, 9.17) is 0 Å². The fraction of sp³-hybridized carbons (Fsp3) is 0.556. The number of rotatable bonds is 2. The second-order valence-electron chi connectivity index (χ2n) is 8.07. The molecule has 3 atom stereocenters. The zero-order valence-corrected chi connectivity index (χ0v) is 15.0. The van der Waals surface area contributed by atoms with E-state index in [9.17, 15) is 23.1 Å². The summed E-state index contributed by atoms with van der Waals surface area (Å²) in [6.45, 7) is 4.22. The Labute approximate surface area is 146 Å². The van der Waals surface area contributed by atoms with Crippen LogP contribution < -0.4 is 0 Å². The molecule has 1 heterocycles. The lowest BCUT2D eigenvalue weighted by Gasteiger charge is -2.37. The van der Waals surface area contributed by atoms with Gasteiger partial charge in [-0.05, 0) is 42.7 Å². The Morgan fingerprint density at radius 1 is 1.20 bits per heavy atom. The summed E-state index contributed by atoms with van der Waals surface area (Å²) >= 11 is 0. The van der Waals surface area contributed by atoms with Crippen molar-refractivity contribution in [3.63, 3.8) is 0 Å².